The van der Waals surface area contributed by atoms with Gasteiger partial charge in [-0.25, -0.2) is 8.78 Å². The molecule has 3 rings (SSSR count). The van der Waals surface area contributed by atoms with E-state index in [1.807, 2.05) is 31.2 Å². The van der Waals surface area contributed by atoms with Gasteiger partial charge in [0.15, 0.2) is 0 Å². The number of carbonyl (C=O) groups is 1. The number of hydrogen-bond donors (Lipinski definition) is 0. The lowest BCUT2D eigenvalue weighted by Gasteiger charge is -2.31. The summed E-state index contributed by atoms with van der Waals surface area (Å²) in [6.45, 7) is 2.27. The van der Waals surface area contributed by atoms with E-state index in [1.54, 1.807) is 6.07 Å². The highest BCUT2D eigenvalue weighted by atomic mass is 19.3. The van der Waals surface area contributed by atoms with Crippen LogP contribution in [0.15, 0.2) is 36.4 Å². The lowest BCUT2D eigenvalue weighted by atomic mass is 10.0. The van der Waals surface area contributed by atoms with E-state index in [4.69, 9.17) is 0 Å². The van der Waals surface area contributed by atoms with Crippen LogP contribution in [0.5, 0.6) is 0 Å². The maximum atomic E-state index is 13.2. The average Bonchev–Trinajstić information content (AvgIpc) is 2.46. The molecule has 0 bridgehead atoms. The predicted molar refractivity (Wildman–Crippen MR) is 78.8 cm³/mol. The molecule has 0 spiro atoms. The summed E-state index contributed by atoms with van der Waals surface area (Å²) < 4.78 is 26.3. The van der Waals surface area contributed by atoms with Crippen molar-refractivity contribution in [2.24, 2.45) is 0 Å². The van der Waals surface area contributed by atoms with Crippen LogP contribution in [0.2, 0.25) is 0 Å². The fraction of sp³-hybridized carbons (Fsp3) is 0.353. The molecule has 0 aliphatic carbocycles. The Morgan fingerprint density at radius 2 is 1.67 bits per heavy atom. The zero-order valence-electron chi connectivity index (χ0n) is 11.9. The third-order valence-electron chi connectivity index (χ3n) is 4.02. The highest BCUT2D eigenvalue weighted by Crippen LogP contribution is 2.28. The third kappa shape index (κ3) is 2.89. The van der Waals surface area contributed by atoms with E-state index in [1.165, 1.54) is 10.5 Å². The number of piperidine rings is 1. The summed E-state index contributed by atoms with van der Waals surface area (Å²) in [7, 11) is 0. The highest BCUT2D eigenvalue weighted by Gasteiger charge is 2.35. The standard InChI is InChI=1S/C17H17F2NO/c1-12-2-3-14-11-15(5-4-13(14)10-12)16(21)20-8-6-17(18,19)7-9-20/h2-5,10-11H,6-9H2,1H3. The van der Waals surface area contributed by atoms with Gasteiger partial charge >= 0.3 is 0 Å². The molecule has 0 radical (unpaired) electrons. The number of halogens is 2. The van der Waals surface area contributed by atoms with E-state index >= 15 is 0 Å². The van der Waals surface area contributed by atoms with Gasteiger partial charge in [0.2, 0.25) is 0 Å². The molecule has 1 aliphatic rings. The number of nitrogens with zero attached hydrogens (tertiary/aromatic N) is 1. The van der Waals surface area contributed by atoms with Crippen molar-refractivity contribution in [3.8, 4) is 0 Å². The van der Waals surface area contributed by atoms with Crippen molar-refractivity contribution in [3.05, 3.63) is 47.5 Å². The second-order valence-electron chi connectivity index (χ2n) is 5.71. The minimum atomic E-state index is -2.63. The van der Waals surface area contributed by atoms with Crippen LogP contribution in [0.1, 0.15) is 28.8 Å². The summed E-state index contributed by atoms with van der Waals surface area (Å²) in [6, 6.07) is 11.6. The number of aryl methyl sites for hydroxylation is 1. The minimum absolute atomic E-state index is 0.123. The number of likely N-dealkylation sites (tertiary alicyclic amines) is 1. The first-order valence-electron chi connectivity index (χ1n) is 7.12. The van der Waals surface area contributed by atoms with Gasteiger partial charge in [-0.05, 0) is 29.8 Å². The van der Waals surface area contributed by atoms with Crippen molar-refractivity contribution in [2.45, 2.75) is 25.7 Å². The Morgan fingerprint density at radius 1 is 1.05 bits per heavy atom. The van der Waals surface area contributed by atoms with Crippen LogP contribution in [0.3, 0.4) is 0 Å². The van der Waals surface area contributed by atoms with Crippen molar-refractivity contribution < 1.29 is 13.6 Å². The molecule has 1 saturated heterocycles. The predicted octanol–water partition coefficient (Wildman–Crippen LogP) is 4.02. The Hall–Kier alpha value is -1.97. The van der Waals surface area contributed by atoms with Crippen molar-refractivity contribution >= 4 is 16.7 Å². The second kappa shape index (κ2) is 5.10. The Labute approximate surface area is 122 Å². The first-order valence-corrected chi connectivity index (χ1v) is 7.12. The molecule has 0 aromatic heterocycles. The Bertz CT molecular complexity index is 686. The summed E-state index contributed by atoms with van der Waals surface area (Å²) in [5.74, 6) is -2.79. The van der Waals surface area contributed by atoms with Crippen LogP contribution >= 0.6 is 0 Å². The van der Waals surface area contributed by atoms with Gasteiger partial charge in [0.1, 0.15) is 0 Å². The average molecular weight is 289 g/mol. The monoisotopic (exact) mass is 289 g/mol. The number of benzene rings is 2. The SMILES string of the molecule is Cc1ccc2cc(C(=O)N3CCC(F)(F)CC3)ccc2c1. The van der Waals surface area contributed by atoms with Gasteiger partial charge in [-0.1, -0.05) is 29.8 Å². The van der Waals surface area contributed by atoms with E-state index in [0.29, 0.717) is 5.56 Å². The Kier molecular flexibility index (Phi) is 3.40. The minimum Gasteiger partial charge on any atom is -0.338 e. The number of rotatable bonds is 1. The molecule has 1 aliphatic heterocycles. The zero-order chi connectivity index (χ0) is 15.0. The summed E-state index contributed by atoms with van der Waals surface area (Å²) in [4.78, 5) is 13.9. The normalized spacial score (nSPS) is 18.0. The van der Waals surface area contributed by atoms with E-state index in [-0.39, 0.29) is 31.8 Å². The highest BCUT2D eigenvalue weighted by molar-refractivity contribution is 5.98. The molecular weight excluding hydrogens is 272 g/mol. The largest absolute Gasteiger partial charge is 0.338 e. The van der Waals surface area contributed by atoms with Crippen molar-refractivity contribution in [2.75, 3.05) is 13.1 Å². The molecule has 1 heterocycles. The molecule has 110 valence electrons. The molecule has 1 amide bonds. The number of fused-ring (bicyclic) bond motifs is 1. The summed E-state index contributed by atoms with van der Waals surface area (Å²) in [5.41, 5.74) is 1.73. The van der Waals surface area contributed by atoms with E-state index in [0.717, 1.165) is 10.8 Å². The quantitative estimate of drug-likeness (QED) is 0.776. The smallest absolute Gasteiger partial charge is 0.253 e. The fourth-order valence-electron chi connectivity index (χ4n) is 2.72. The molecule has 0 saturated carbocycles. The molecule has 2 aromatic rings. The van der Waals surface area contributed by atoms with Gasteiger partial charge in [0.25, 0.3) is 11.8 Å². The Balaban J connectivity index is 1.83. The van der Waals surface area contributed by atoms with Crippen LogP contribution < -0.4 is 0 Å². The lowest BCUT2D eigenvalue weighted by Crippen LogP contribution is -2.42. The molecule has 0 N–H and O–H groups in total. The first-order chi connectivity index (χ1) is 9.94. The second-order valence-corrected chi connectivity index (χ2v) is 5.71. The molecular formula is C17H17F2NO. The summed E-state index contributed by atoms with van der Waals surface area (Å²) in [5, 5.41) is 2.07. The van der Waals surface area contributed by atoms with Crippen LogP contribution in [0, 0.1) is 6.92 Å². The van der Waals surface area contributed by atoms with Gasteiger partial charge in [0, 0.05) is 31.5 Å². The number of hydrogen-bond acceptors (Lipinski definition) is 1. The third-order valence-corrected chi connectivity index (χ3v) is 4.02. The first kappa shape index (κ1) is 14.0. The van der Waals surface area contributed by atoms with Crippen LogP contribution in [-0.2, 0) is 0 Å². The maximum Gasteiger partial charge on any atom is 0.253 e. The van der Waals surface area contributed by atoms with Crippen molar-refractivity contribution in [3.63, 3.8) is 0 Å². The van der Waals surface area contributed by atoms with Crippen molar-refractivity contribution in [1.82, 2.24) is 4.90 Å². The van der Waals surface area contributed by atoms with Crippen molar-refractivity contribution in [1.29, 1.82) is 0 Å². The summed E-state index contributed by atoms with van der Waals surface area (Å²) in [6.07, 6.45) is -0.489. The number of alkyl halides is 2. The Morgan fingerprint density at radius 3 is 2.38 bits per heavy atom. The summed E-state index contributed by atoms with van der Waals surface area (Å²) >= 11 is 0. The molecule has 0 atom stereocenters. The number of amides is 1. The maximum absolute atomic E-state index is 13.2. The molecule has 21 heavy (non-hydrogen) atoms. The molecule has 1 fully saturated rings. The van der Waals surface area contributed by atoms with E-state index in [2.05, 4.69) is 6.07 Å². The van der Waals surface area contributed by atoms with Gasteiger partial charge in [0.05, 0.1) is 0 Å². The molecule has 2 nitrogen and oxygen atoms in total. The lowest BCUT2D eigenvalue weighted by molar-refractivity contribution is -0.0494. The van der Waals surface area contributed by atoms with Crippen LogP contribution in [0.4, 0.5) is 8.78 Å². The van der Waals surface area contributed by atoms with E-state index in [9.17, 15) is 13.6 Å². The number of carbonyl (C=O) groups excluding carboxylic acids is 1. The van der Waals surface area contributed by atoms with Crippen LogP contribution in [0.25, 0.3) is 10.8 Å². The van der Waals surface area contributed by atoms with Gasteiger partial charge in [-0.3, -0.25) is 4.79 Å². The van der Waals surface area contributed by atoms with Gasteiger partial charge in [-0.2, -0.15) is 0 Å². The topological polar surface area (TPSA) is 20.3 Å². The fourth-order valence-corrected chi connectivity index (χ4v) is 2.72. The molecule has 0 unspecified atom stereocenters. The molecule has 4 heteroatoms. The zero-order valence-corrected chi connectivity index (χ0v) is 11.9. The van der Waals surface area contributed by atoms with Crippen LogP contribution in [-0.4, -0.2) is 29.8 Å². The van der Waals surface area contributed by atoms with E-state index < -0.39 is 5.92 Å². The van der Waals surface area contributed by atoms with Gasteiger partial charge < -0.3 is 4.90 Å². The van der Waals surface area contributed by atoms with Gasteiger partial charge in [-0.15, -0.1) is 0 Å². The molecule has 2 aromatic carbocycles.